The summed E-state index contributed by atoms with van der Waals surface area (Å²) in [5.74, 6) is 0.131. The number of benzene rings is 2. The number of nitrogens with zero attached hydrogens (tertiary/aromatic N) is 1. The minimum absolute atomic E-state index is 0.0158. The third-order valence-corrected chi connectivity index (χ3v) is 3.69. The number of Topliss-reactive ketones (excluding diaryl/α,β-unsaturated/α-hetero) is 1. The number of fused-ring (bicyclic) bond motifs is 1. The summed E-state index contributed by atoms with van der Waals surface area (Å²) in [4.78, 5) is 23.0. The number of esters is 1. The number of aromatic nitrogens is 1. The van der Waals surface area contributed by atoms with Crippen LogP contribution >= 0.6 is 0 Å². The first-order valence-electron chi connectivity index (χ1n) is 7.41. The van der Waals surface area contributed by atoms with Crippen LogP contribution in [0.3, 0.4) is 0 Å². The van der Waals surface area contributed by atoms with E-state index in [1.165, 1.54) is 6.92 Å². The van der Waals surface area contributed by atoms with Crippen molar-refractivity contribution in [2.75, 3.05) is 0 Å². The lowest BCUT2D eigenvalue weighted by Gasteiger charge is -2.07. The molecule has 0 bridgehead atoms. The van der Waals surface area contributed by atoms with E-state index in [4.69, 9.17) is 4.74 Å². The van der Waals surface area contributed by atoms with Crippen molar-refractivity contribution in [3.8, 4) is 5.75 Å². The Hall–Kier alpha value is -2.88. The second-order valence-corrected chi connectivity index (χ2v) is 5.49. The molecule has 0 unspecified atom stereocenters. The van der Waals surface area contributed by atoms with E-state index in [9.17, 15) is 9.59 Å². The molecule has 0 spiro atoms. The summed E-state index contributed by atoms with van der Waals surface area (Å²) >= 11 is 0. The van der Waals surface area contributed by atoms with Crippen molar-refractivity contribution >= 4 is 22.7 Å². The Morgan fingerprint density at radius 2 is 1.78 bits per heavy atom. The lowest BCUT2D eigenvalue weighted by molar-refractivity contribution is -0.131. The Kier molecular flexibility index (Phi) is 3.98. The van der Waals surface area contributed by atoms with Crippen LogP contribution in [0.25, 0.3) is 10.9 Å². The van der Waals surface area contributed by atoms with Crippen LogP contribution in [0, 0.1) is 0 Å². The predicted molar refractivity (Wildman–Crippen MR) is 88.8 cm³/mol. The number of hydrogen-bond donors (Lipinski definition) is 0. The molecule has 0 aliphatic heterocycles. The monoisotopic (exact) mass is 307 g/mol. The minimum Gasteiger partial charge on any atom is -0.427 e. The van der Waals surface area contributed by atoms with Crippen molar-refractivity contribution in [2.45, 2.75) is 20.4 Å². The first kappa shape index (κ1) is 15.0. The highest BCUT2D eigenvalue weighted by Crippen LogP contribution is 2.27. The van der Waals surface area contributed by atoms with E-state index in [-0.39, 0.29) is 11.8 Å². The number of ketones is 1. The summed E-state index contributed by atoms with van der Waals surface area (Å²) in [7, 11) is 0. The number of carbonyl (C=O) groups is 2. The maximum absolute atomic E-state index is 11.9. The molecule has 0 aliphatic rings. The maximum Gasteiger partial charge on any atom is 0.308 e. The van der Waals surface area contributed by atoms with Gasteiger partial charge in [0.05, 0.1) is 5.52 Å². The lowest BCUT2D eigenvalue weighted by atomic mass is 10.1. The van der Waals surface area contributed by atoms with Crippen molar-refractivity contribution in [1.82, 2.24) is 4.57 Å². The van der Waals surface area contributed by atoms with Crippen LogP contribution < -0.4 is 4.74 Å². The molecule has 0 saturated carbocycles. The van der Waals surface area contributed by atoms with Gasteiger partial charge in [-0.25, -0.2) is 0 Å². The molecule has 1 heterocycles. The minimum atomic E-state index is -0.364. The fourth-order valence-electron chi connectivity index (χ4n) is 2.69. The molecule has 4 nitrogen and oxygen atoms in total. The molecule has 0 amide bonds. The van der Waals surface area contributed by atoms with Gasteiger partial charge in [-0.15, -0.1) is 0 Å². The Morgan fingerprint density at radius 3 is 2.43 bits per heavy atom. The topological polar surface area (TPSA) is 48.3 Å². The lowest BCUT2D eigenvalue weighted by Crippen LogP contribution is -2.02. The summed E-state index contributed by atoms with van der Waals surface area (Å²) in [5, 5.41) is 0.865. The third-order valence-electron chi connectivity index (χ3n) is 3.69. The highest BCUT2D eigenvalue weighted by atomic mass is 16.5. The highest BCUT2D eigenvalue weighted by molar-refractivity contribution is 6.07. The van der Waals surface area contributed by atoms with Crippen LogP contribution in [0.5, 0.6) is 5.75 Å². The molecule has 0 N–H and O–H groups in total. The standard InChI is InChI=1S/C19H17NO3/c1-13(21)18-12-20(11-15-6-4-3-5-7-15)19-10-16(23-14(2)22)8-9-17(18)19/h3-10,12H,11H2,1-2H3. The van der Waals surface area contributed by atoms with Gasteiger partial charge in [-0.2, -0.15) is 0 Å². The average molecular weight is 307 g/mol. The third kappa shape index (κ3) is 3.16. The first-order chi connectivity index (χ1) is 11.0. The van der Waals surface area contributed by atoms with Gasteiger partial charge >= 0.3 is 5.97 Å². The average Bonchev–Trinajstić information content (AvgIpc) is 2.86. The zero-order valence-corrected chi connectivity index (χ0v) is 13.1. The van der Waals surface area contributed by atoms with E-state index in [1.54, 1.807) is 19.1 Å². The molecule has 1 aromatic heterocycles. The fraction of sp³-hybridized carbons (Fsp3) is 0.158. The summed E-state index contributed by atoms with van der Waals surface area (Å²) in [6.45, 7) is 3.57. The molecule has 4 heteroatoms. The number of hydrogen-bond acceptors (Lipinski definition) is 3. The Morgan fingerprint density at radius 1 is 1.04 bits per heavy atom. The van der Waals surface area contributed by atoms with Gasteiger partial charge in [0.15, 0.2) is 5.78 Å². The second-order valence-electron chi connectivity index (χ2n) is 5.49. The number of rotatable bonds is 4. The van der Waals surface area contributed by atoms with Crippen LogP contribution in [0.1, 0.15) is 29.8 Å². The fourth-order valence-corrected chi connectivity index (χ4v) is 2.69. The SMILES string of the molecule is CC(=O)Oc1ccc2c(C(C)=O)cn(Cc3ccccc3)c2c1. The van der Waals surface area contributed by atoms with Crippen LogP contribution in [-0.2, 0) is 11.3 Å². The zero-order valence-electron chi connectivity index (χ0n) is 13.1. The Balaban J connectivity index is 2.11. The van der Waals surface area contributed by atoms with Gasteiger partial charge < -0.3 is 9.30 Å². The summed E-state index contributed by atoms with van der Waals surface area (Å²) in [6.07, 6.45) is 1.86. The van der Waals surface area contributed by atoms with E-state index in [1.807, 2.05) is 47.2 Å². The molecule has 0 aliphatic carbocycles. The van der Waals surface area contributed by atoms with Crippen LogP contribution in [0.15, 0.2) is 54.7 Å². The molecule has 3 aromatic rings. The van der Waals surface area contributed by atoms with Crippen molar-refractivity contribution in [3.63, 3.8) is 0 Å². The van der Waals surface area contributed by atoms with E-state index in [0.29, 0.717) is 17.9 Å². The normalized spacial score (nSPS) is 10.7. The van der Waals surface area contributed by atoms with E-state index >= 15 is 0 Å². The van der Waals surface area contributed by atoms with Gasteiger partial charge in [-0.3, -0.25) is 9.59 Å². The molecule has 23 heavy (non-hydrogen) atoms. The van der Waals surface area contributed by atoms with Crippen molar-refractivity contribution < 1.29 is 14.3 Å². The molecule has 0 fully saturated rings. The maximum atomic E-state index is 11.9. The predicted octanol–water partition coefficient (Wildman–Crippen LogP) is 3.82. The van der Waals surface area contributed by atoms with Crippen LogP contribution in [0.2, 0.25) is 0 Å². The van der Waals surface area contributed by atoms with Gasteiger partial charge in [0.1, 0.15) is 5.75 Å². The van der Waals surface area contributed by atoms with Crippen molar-refractivity contribution in [2.24, 2.45) is 0 Å². The van der Waals surface area contributed by atoms with Crippen molar-refractivity contribution in [3.05, 3.63) is 65.9 Å². The quantitative estimate of drug-likeness (QED) is 0.418. The van der Waals surface area contributed by atoms with Gasteiger partial charge in [0.2, 0.25) is 0 Å². The van der Waals surface area contributed by atoms with Crippen LogP contribution in [0.4, 0.5) is 0 Å². The number of ether oxygens (including phenoxy) is 1. The molecular formula is C19H17NO3. The van der Waals surface area contributed by atoms with Crippen molar-refractivity contribution in [1.29, 1.82) is 0 Å². The molecule has 2 aromatic carbocycles. The Labute approximate surface area is 134 Å². The molecular weight excluding hydrogens is 290 g/mol. The summed E-state index contributed by atoms with van der Waals surface area (Å²) in [5.41, 5.74) is 2.68. The molecule has 116 valence electrons. The van der Waals surface area contributed by atoms with Gasteiger partial charge in [0, 0.05) is 36.7 Å². The van der Waals surface area contributed by atoms with E-state index in [2.05, 4.69) is 0 Å². The van der Waals surface area contributed by atoms with E-state index in [0.717, 1.165) is 16.5 Å². The first-order valence-corrected chi connectivity index (χ1v) is 7.41. The summed E-state index contributed by atoms with van der Waals surface area (Å²) < 4.78 is 7.17. The second kappa shape index (κ2) is 6.08. The highest BCUT2D eigenvalue weighted by Gasteiger charge is 2.13. The van der Waals surface area contributed by atoms with E-state index < -0.39 is 0 Å². The smallest absolute Gasteiger partial charge is 0.308 e. The number of carbonyl (C=O) groups excluding carboxylic acids is 2. The molecule has 0 atom stereocenters. The zero-order chi connectivity index (χ0) is 16.4. The molecule has 3 rings (SSSR count). The van der Waals surface area contributed by atoms with Gasteiger partial charge in [-0.05, 0) is 24.6 Å². The van der Waals surface area contributed by atoms with Crippen LogP contribution in [-0.4, -0.2) is 16.3 Å². The van der Waals surface area contributed by atoms with Gasteiger partial charge in [-0.1, -0.05) is 30.3 Å². The largest absolute Gasteiger partial charge is 0.427 e. The summed E-state index contributed by atoms with van der Waals surface area (Å²) in [6, 6.07) is 15.3. The molecule has 0 radical (unpaired) electrons. The Bertz CT molecular complexity index is 878. The van der Waals surface area contributed by atoms with Gasteiger partial charge in [0.25, 0.3) is 0 Å². The molecule has 0 saturated heterocycles.